The van der Waals surface area contributed by atoms with Crippen LogP contribution >= 0.6 is 0 Å². The number of piperidine rings is 2. The predicted molar refractivity (Wildman–Crippen MR) is 247 cm³/mol. The van der Waals surface area contributed by atoms with Gasteiger partial charge in [0.15, 0.2) is 17.5 Å². The number of nitrogens with zero attached hydrogens (tertiary/aromatic N) is 9. The Balaban J connectivity index is 0.684. The highest BCUT2D eigenvalue weighted by Crippen LogP contribution is 2.38. The van der Waals surface area contributed by atoms with E-state index in [9.17, 15) is 13.2 Å². The van der Waals surface area contributed by atoms with Crippen LogP contribution in [-0.2, 0) is 37.1 Å². The Morgan fingerprint density at radius 2 is 1.14 bits per heavy atom. The smallest absolute Gasteiger partial charge is 0.236 e. The number of nitrogens with one attached hydrogen (secondary N) is 2. The van der Waals surface area contributed by atoms with Gasteiger partial charge in [-0.1, -0.05) is 5.21 Å². The van der Waals surface area contributed by atoms with Crippen molar-refractivity contribution >= 4 is 27.6 Å². The van der Waals surface area contributed by atoms with E-state index < -0.39 is 15.9 Å². The summed E-state index contributed by atoms with van der Waals surface area (Å²) in [6, 6.07) is 15.8. The van der Waals surface area contributed by atoms with E-state index in [0.717, 1.165) is 114 Å². The lowest BCUT2D eigenvalue weighted by Gasteiger charge is -2.33. The molecule has 2 saturated heterocycles. The van der Waals surface area contributed by atoms with Crippen LogP contribution in [0.3, 0.4) is 0 Å². The number of H-pyrrole nitrogens is 1. The van der Waals surface area contributed by atoms with Crippen LogP contribution in [0.2, 0.25) is 0 Å². The average molecular weight is 922 g/mol. The molecular formula is C47H59N11O7S. The zero-order valence-electron chi connectivity index (χ0n) is 37.5. The van der Waals surface area contributed by atoms with Crippen molar-refractivity contribution in [1.82, 2.24) is 45.3 Å². The second-order valence-electron chi connectivity index (χ2n) is 17.9. The first-order chi connectivity index (χ1) is 32.2. The van der Waals surface area contributed by atoms with Crippen LogP contribution < -0.4 is 24.0 Å². The topological polar surface area (TPSA) is 213 Å². The van der Waals surface area contributed by atoms with Crippen LogP contribution in [0.5, 0.6) is 11.5 Å². The van der Waals surface area contributed by atoms with E-state index in [-0.39, 0.29) is 11.8 Å². The number of tetrazole rings is 1. The van der Waals surface area contributed by atoms with Crippen molar-refractivity contribution < 1.29 is 32.2 Å². The molecule has 0 spiro atoms. The van der Waals surface area contributed by atoms with Crippen molar-refractivity contribution in [3.8, 4) is 34.0 Å². The van der Waals surface area contributed by atoms with Gasteiger partial charge in [-0.2, -0.15) is 5.21 Å². The summed E-state index contributed by atoms with van der Waals surface area (Å²) in [6.07, 6.45) is 14.6. The molecule has 2 aliphatic heterocycles. The molecule has 9 rings (SSSR count). The Morgan fingerprint density at radius 1 is 0.667 bits per heavy atom. The summed E-state index contributed by atoms with van der Waals surface area (Å²) >= 11 is 0. The molecule has 5 aromatic rings. The van der Waals surface area contributed by atoms with Gasteiger partial charge in [0.25, 0.3) is 0 Å². The zero-order chi connectivity index (χ0) is 45.3. The van der Waals surface area contributed by atoms with E-state index >= 15 is 0 Å². The Bertz CT molecular complexity index is 2470. The third-order valence-electron chi connectivity index (χ3n) is 12.6. The van der Waals surface area contributed by atoms with Crippen molar-refractivity contribution in [2.24, 2.45) is 17.8 Å². The van der Waals surface area contributed by atoms with Crippen LogP contribution in [0, 0.1) is 17.8 Å². The van der Waals surface area contributed by atoms with Gasteiger partial charge >= 0.3 is 0 Å². The van der Waals surface area contributed by atoms with Gasteiger partial charge in [-0.25, -0.2) is 18.4 Å². The highest BCUT2D eigenvalue weighted by Gasteiger charge is 2.31. The van der Waals surface area contributed by atoms with Gasteiger partial charge in [-0.3, -0.25) is 19.5 Å². The summed E-state index contributed by atoms with van der Waals surface area (Å²) < 4.78 is 48.8. The van der Waals surface area contributed by atoms with Gasteiger partial charge in [0.1, 0.15) is 36.1 Å². The molecule has 0 radical (unpaired) electrons. The van der Waals surface area contributed by atoms with Gasteiger partial charge in [0.2, 0.25) is 15.9 Å². The predicted octanol–water partition coefficient (Wildman–Crippen LogP) is 5.19. The van der Waals surface area contributed by atoms with Crippen LogP contribution in [0.4, 0.5) is 11.6 Å². The molecule has 66 heavy (non-hydrogen) atoms. The molecule has 4 aliphatic rings. The van der Waals surface area contributed by atoms with E-state index in [1.165, 1.54) is 25.7 Å². The molecule has 0 atom stereocenters. The molecule has 1 amide bonds. The average Bonchev–Trinajstić information content (AvgIpc) is 4.27. The molecule has 5 heterocycles. The number of ether oxygens (including phenoxy) is 4. The summed E-state index contributed by atoms with van der Waals surface area (Å²) in [5, 5.41) is 14.8. The van der Waals surface area contributed by atoms with Crippen LogP contribution in [0.1, 0.15) is 74.5 Å². The summed E-state index contributed by atoms with van der Waals surface area (Å²) in [5.74, 6) is 4.85. The Hall–Kier alpha value is -5.79. The molecule has 18 nitrogen and oxygen atoms in total. The molecule has 19 heteroatoms. The number of aromatic nitrogens is 8. The van der Waals surface area contributed by atoms with E-state index in [2.05, 4.69) is 35.1 Å². The number of carbonyl (C=O) groups is 1. The number of amides is 1. The standard InChI is InChI=1S/C47H59N11O7S/c1-66(60,61)54-47(59)37-16-20-58(21-17-37)46-43(49-31-39(51-46)29-33-4-5-33)35-8-12-41(13-9-35)65-27-25-63-23-22-62-24-26-64-40-10-6-34(7-11-40)42-45(50-38(30-48-42)28-32-2-3-32)57-18-14-36(15-19-57)44-52-55-56-53-44/h6-13,30-33,36-37H,2-5,14-29H2,1H3,(H,54,59)(H,52,53,55,56). The number of carbonyl (C=O) groups excluding carboxylic acids is 1. The maximum atomic E-state index is 12.5. The number of aromatic amines is 1. The Labute approximate surface area is 385 Å². The van der Waals surface area contributed by atoms with E-state index in [1.807, 2.05) is 60.9 Å². The monoisotopic (exact) mass is 921 g/mol. The minimum Gasteiger partial charge on any atom is -0.491 e. The summed E-state index contributed by atoms with van der Waals surface area (Å²) in [5.41, 5.74) is 5.58. The highest BCUT2D eigenvalue weighted by molar-refractivity contribution is 7.89. The van der Waals surface area contributed by atoms with Crippen molar-refractivity contribution in [2.75, 3.05) is 81.9 Å². The number of hydrogen-bond donors (Lipinski definition) is 2. The summed E-state index contributed by atoms with van der Waals surface area (Å²) in [6.45, 7) is 5.38. The van der Waals surface area contributed by atoms with Crippen LogP contribution in [0.15, 0.2) is 60.9 Å². The zero-order valence-corrected chi connectivity index (χ0v) is 38.3. The van der Waals surface area contributed by atoms with E-state index in [4.69, 9.17) is 38.9 Å². The minimum absolute atomic E-state index is 0.288. The Morgan fingerprint density at radius 3 is 1.58 bits per heavy atom. The minimum atomic E-state index is -3.60. The maximum Gasteiger partial charge on any atom is 0.236 e. The molecule has 2 aliphatic carbocycles. The molecule has 2 aromatic carbocycles. The van der Waals surface area contributed by atoms with Crippen molar-refractivity contribution in [1.29, 1.82) is 0 Å². The number of benzene rings is 2. The van der Waals surface area contributed by atoms with E-state index in [0.29, 0.717) is 71.5 Å². The third kappa shape index (κ3) is 12.6. The molecular weight excluding hydrogens is 863 g/mol. The highest BCUT2D eigenvalue weighted by atomic mass is 32.2. The normalized spacial score (nSPS) is 17.2. The lowest BCUT2D eigenvalue weighted by Crippen LogP contribution is -2.42. The Kier molecular flexibility index (Phi) is 14.6. The van der Waals surface area contributed by atoms with Crippen molar-refractivity contribution in [2.45, 2.75) is 70.1 Å². The van der Waals surface area contributed by atoms with Gasteiger partial charge in [-0.05, 0) is 125 Å². The lowest BCUT2D eigenvalue weighted by molar-refractivity contribution is -0.123. The molecule has 3 aromatic heterocycles. The van der Waals surface area contributed by atoms with Crippen LogP contribution in [0.25, 0.3) is 22.5 Å². The number of hydrogen-bond acceptors (Lipinski definition) is 16. The third-order valence-corrected chi connectivity index (χ3v) is 13.2. The summed E-state index contributed by atoms with van der Waals surface area (Å²) in [4.78, 5) is 37.0. The lowest BCUT2D eigenvalue weighted by atomic mass is 9.96. The molecule has 0 bridgehead atoms. The molecule has 2 N–H and O–H groups in total. The van der Waals surface area contributed by atoms with Gasteiger partial charge in [-0.15, -0.1) is 10.2 Å². The second-order valence-corrected chi connectivity index (χ2v) is 19.6. The quantitative estimate of drug-likeness (QED) is 0.0856. The number of anilines is 2. The first-order valence-corrected chi connectivity index (χ1v) is 25.2. The molecule has 0 unspecified atom stereocenters. The van der Waals surface area contributed by atoms with Crippen molar-refractivity contribution in [3.63, 3.8) is 0 Å². The molecule has 350 valence electrons. The first-order valence-electron chi connectivity index (χ1n) is 23.3. The van der Waals surface area contributed by atoms with Crippen LogP contribution in [-0.4, -0.2) is 127 Å². The molecule has 4 fully saturated rings. The number of sulfonamides is 1. The maximum absolute atomic E-state index is 12.5. The van der Waals surface area contributed by atoms with Gasteiger partial charge < -0.3 is 28.7 Å². The fourth-order valence-corrected chi connectivity index (χ4v) is 9.13. The molecule has 2 saturated carbocycles. The summed E-state index contributed by atoms with van der Waals surface area (Å²) in [7, 11) is -3.60. The van der Waals surface area contributed by atoms with Gasteiger partial charge in [0.05, 0.1) is 44.1 Å². The second kappa shape index (κ2) is 21.2. The fraction of sp³-hybridized carbons (Fsp3) is 0.532. The van der Waals surface area contributed by atoms with Crippen molar-refractivity contribution in [3.05, 3.63) is 78.1 Å². The SMILES string of the molecule is CS(=O)(=O)NC(=O)C1CCN(c2nc(CC3CC3)cnc2-c2ccc(OCCOCCOCCOc3ccc(-c4ncc(CC5CC5)nc4N4CCC(c5nn[nH]n5)CC4)cc3)cc2)CC1. The number of rotatable bonds is 22. The largest absolute Gasteiger partial charge is 0.491 e. The fourth-order valence-electron chi connectivity index (χ4n) is 8.60. The first kappa shape index (κ1) is 45.4. The van der Waals surface area contributed by atoms with E-state index in [1.54, 1.807) is 0 Å². The van der Waals surface area contributed by atoms with Gasteiger partial charge in [0, 0.05) is 61.5 Å².